The number of nitrogens with one attached hydrogen (secondary N) is 1. The normalized spacial score (nSPS) is 13.2. The average molecular weight is 370 g/mol. The van der Waals surface area contributed by atoms with Gasteiger partial charge in [-0.1, -0.05) is 15.9 Å². The highest BCUT2D eigenvalue weighted by molar-refractivity contribution is 9.10. The fourth-order valence-corrected chi connectivity index (χ4v) is 3.15. The third-order valence-electron chi connectivity index (χ3n) is 2.49. The smallest absolute Gasteiger partial charge is 0.338 e. The van der Waals surface area contributed by atoms with Gasteiger partial charge in [-0.05, 0) is 19.1 Å². The van der Waals surface area contributed by atoms with E-state index in [0.29, 0.717) is 0 Å². The molecule has 0 spiro atoms. The molecule has 9 heteroatoms. The van der Waals surface area contributed by atoms with E-state index < -0.39 is 38.4 Å². The zero-order valence-corrected chi connectivity index (χ0v) is 13.1. The van der Waals surface area contributed by atoms with Gasteiger partial charge < -0.3 is 9.84 Å². The van der Waals surface area contributed by atoms with Crippen molar-refractivity contribution < 1.29 is 27.4 Å². The Morgan fingerprint density at radius 3 is 2.65 bits per heavy atom. The number of carboxylic acid groups (broad SMARTS) is 1. The molecule has 1 aromatic rings. The van der Waals surface area contributed by atoms with Gasteiger partial charge in [0.05, 0.1) is 11.7 Å². The highest BCUT2D eigenvalue weighted by Crippen LogP contribution is 2.24. The first-order valence-electron chi connectivity index (χ1n) is 5.44. The summed E-state index contributed by atoms with van der Waals surface area (Å²) in [6, 6.07) is 2.00. The van der Waals surface area contributed by atoms with Gasteiger partial charge in [0.25, 0.3) is 0 Å². The Bertz CT molecular complexity index is 619. The van der Waals surface area contributed by atoms with Crippen LogP contribution in [0.4, 0.5) is 4.39 Å². The lowest BCUT2D eigenvalue weighted by molar-refractivity contribution is 0.0691. The van der Waals surface area contributed by atoms with Crippen LogP contribution in [0.1, 0.15) is 17.3 Å². The van der Waals surface area contributed by atoms with Gasteiger partial charge in [-0.3, -0.25) is 0 Å². The average Bonchev–Trinajstić information content (AvgIpc) is 2.37. The quantitative estimate of drug-likeness (QED) is 0.794. The van der Waals surface area contributed by atoms with Crippen LogP contribution in [0.5, 0.6) is 0 Å². The summed E-state index contributed by atoms with van der Waals surface area (Å²) in [5.41, 5.74) is -0.723. The lowest BCUT2D eigenvalue weighted by atomic mass is 10.2. The van der Waals surface area contributed by atoms with Crippen LogP contribution >= 0.6 is 15.9 Å². The number of carboxylic acids is 1. The zero-order valence-electron chi connectivity index (χ0n) is 10.7. The maximum Gasteiger partial charge on any atom is 0.338 e. The molecule has 0 aliphatic carbocycles. The predicted octanol–water partition coefficient (Wildman–Crippen LogP) is 1.60. The third kappa shape index (κ3) is 3.98. The van der Waals surface area contributed by atoms with Gasteiger partial charge in [0, 0.05) is 18.1 Å². The Balaban J connectivity index is 3.21. The molecule has 0 fully saturated rings. The predicted molar refractivity (Wildman–Crippen MR) is 72.7 cm³/mol. The number of carbonyl (C=O) groups is 1. The maximum absolute atomic E-state index is 14.0. The van der Waals surface area contributed by atoms with Gasteiger partial charge in [-0.15, -0.1) is 0 Å². The molecule has 0 aromatic heterocycles. The van der Waals surface area contributed by atoms with E-state index in [1.807, 2.05) is 0 Å². The number of aromatic carboxylic acids is 1. The number of sulfonamides is 1. The summed E-state index contributed by atoms with van der Waals surface area (Å²) in [5.74, 6) is -2.86. The van der Waals surface area contributed by atoms with E-state index >= 15 is 0 Å². The largest absolute Gasteiger partial charge is 0.478 e. The summed E-state index contributed by atoms with van der Waals surface area (Å²) in [5, 5.41) is 8.84. The topological polar surface area (TPSA) is 92.7 Å². The summed E-state index contributed by atoms with van der Waals surface area (Å²) in [6.07, 6.45) is -0.404. The van der Waals surface area contributed by atoms with E-state index in [1.54, 1.807) is 6.92 Å². The second-order valence-corrected chi connectivity index (χ2v) is 6.62. The third-order valence-corrected chi connectivity index (χ3v) is 4.37. The Labute approximate surface area is 124 Å². The summed E-state index contributed by atoms with van der Waals surface area (Å²) in [4.78, 5) is 10.1. The number of rotatable bonds is 6. The van der Waals surface area contributed by atoms with Crippen LogP contribution in [0.2, 0.25) is 0 Å². The molecular weight excluding hydrogens is 357 g/mol. The number of ether oxygens (including phenoxy) is 1. The molecule has 6 nitrogen and oxygen atoms in total. The Hall–Kier alpha value is -1.03. The standard InChI is InChI=1S/C11H13BrFNO5S/c1-6(19-2)5-14-20(17,18)9-4-7(12)3-8(10(9)13)11(15)16/h3-4,6,14H,5H2,1-2H3,(H,15,16). The molecule has 0 radical (unpaired) electrons. The van der Waals surface area contributed by atoms with E-state index in [4.69, 9.17) is 9.84 Å². The summed E-state index contributed by atoms with van der Waals surface area (Å²) in [6.45, 7) is 1.57. The first kappa shape index (κ1) is 17.0. The van der Waals surface area contributed by atoms with Crippen molar-refractivity contribution in [2.45, 2.75) is 17.9 Å². The molecule has 0 bridgehead atoms. The minimum absolute atomic E-state index is 0.0623. The molecule has 0 saturated carbocycles. The van der Waals surface area contributed by atoms with Crippen molar-refractivity contribution >= 4 is 31.9 Å². The molecule has 112 valence electrons. The van der Waals surface area contributed by atoms with Crippen molar-refractivity contribution in [1.29, 1.82) is 0 Å². The number of halogens is 2. The minimum Gasteiger partial charge on any atom is -0.478 e. The molecule has 0 saturated heterocycles. The maximum atomic E-state index is 14.0. The first-order chi connectivity index (χ1) is 9.19. The number of methoxy groups -OCH3 is 1. The van der Waals surface area contributed by atoms with Gasteiger partial charge in [-0.25, -0.2) is 22.3 Å². The van der Waals surface area contributed by atoms with E-state index in [9.17, 15) is 17.6 Å². The van der Waals surface area contributed by atoms with E-state index in [2.05, 4.69) is 20.7 Å². The molecule has 1 aromatic carbocycles. The van der Waals surface area contributed by atoms with Gasteiger partial charge in [0.1, 0.15) is 4.90 Å². The van der Waals surface area contributed by atoms with Crippen LogP contribution in [0, 0.1) is 5.82 Å². The van der Waals surface area contributed by atoms with Crippen molar-refractivity contribution in [2.75, 3.05) is 13.7 Å². The summed E-state index contributed by atoms with van der Waals surface area (Å²) < 4.78 is 45.1. The molecule has 1 unspecified atom stereocenters. The van der Waals surface area contributed by atoms with Gasteiger partial charge >= 0.3 is 5.97 Å². The molecule has 0 aliphatic rings. The summed E-state index contributed by atoms with van der Waals surface area (Å²) in [7, 11) is -2.77. The molecule has 2 N–H and O–H groups in total. The molecule has 0 aliphatic heterocycles. The van der Waals surface area contributed by atoms with Gasteiger partial charge in [0.2, 0.25) is 10.0 Å². The lowest BCUT2D eigenvalue weighted by Crippen LogP contribution is -2.32. The van der Waals surface area contributed by atoms with Crippen molar-refractivity contribution in [3.63, 3.8) is 0 Å². The van der Waals surface area contributed by atoms with E-state index in [1.165, 1.54) is 7.11 Å². The van der Waals surface area contributed by atoms with Crippen molar-refractivity contribution in [3.8, 4) is 0 Å². The fraction of sp³-hybridized carbons (Fsp3) is 0.364. The number of hydrogen-bond donors (Lipinski definition) is 2. The lowest BCUT2D eigenvalue weighted by Gasteiger charge is -2.13. The Morgan fingerprint density at radius 1 is 1.55 bits per heavy atom. The van der Waals surface area contributed by atoms with E-state index in [0.717, 1.165) is 12.1 Å². The molecule has 0 heterocycles. The van der Waals surface area contributed by atoms with E-state index in [-0.39, 0.29) is 11.0 Å². The highest BCUT2D eigenvalue weighted by atomic mass is 79.9. The molecule has 20 heavy (non-hydrogen) atoms. The number of hydrogen-bond acceptors (Lipinski definition) is 4. The highest BCUT2D eigenvalue weighted by Gasteiger charge is 2.25. The van der Waals surface area contributed by atoms with Gasteiger partial charge in [-0.2, -0.15) is 0 Å². The van der Waals surface area contributed by atoms with Crippen LogP contribution in [-0.2, 0) is 14.8 Å². The molecule has 1 rings (SSSR count). The summed E-state index contributed by atoms with van der Waals surface area (Å²) >= 11 is 2.95. The van der Waals surface area contributed by atoms with Crippen molar-refractivity contribution in [2.24, 2.45) is 0 Å². The van der Waals surface area contributed by atoms with Crippen LogP contribution < -0.4 is 4.72 Å². The second-order valence-electron chi connectivity index (χ2n) is 3.97. The molecular formula is C11H13BrFNO5S. The number of benzene rings is 1. The first-order valence-corrected chi connectivity index (χ1v) is 7.71. The Kier molecular flexibility index (Phi) is 5.63. The molecule has 0 amide bonds. The van der Waals surface area contributed by atoms with Gasteiger partial charge in [0.15, 0.2) is 5.82 Å². The second kappa shape index (κ2) is 6.61. The zero-order chi connectivity index (χ0) is 15.5. The SMILES string of the molecule is COC(C)CNS(=O)(=O)c1cc(Br)cc(C(=O)O)c1F. The monoisotopic (exact) mass is 369 g/mol. The van der Waals surface area contributed by atoms with Crippen LogP contribution in [0.15, 0.2) is 21.5 Å². The minimum atomic E-state index is -4.17. The van der Waals surface area contributed by atoms with Crippen molar-refractivity contribution in [3.05, 3.63) is 28.0 Å². The van der Waals surface area contributed by atoms with Crippen LogP contribution in [-0.4, -0.2) is 39.3 Å². The Morgan fingerprint density at radius 2 is 2.15 bits per heavy atom. The van der Waals surface area contributed by atoms with Crippen molar-refractivity contribution in [1.82, 2.24) is 4.72 Å². The van der Waals surface area contributed by atoms with Crippen LogP contribution in [0.25, 0.3) is 0 Å². The molecule has 1 atom stereocenters. The van der Waals surface area contributed by atoms with Crippen LogP contribution in [0.3, 0.4) is 0 Å². The fourth-order valence-electron chi connectivity index (χ4n) is 1.30.